The number of carbonyl (C=O) groups excluding carboxylic acids is 1. The molecule has 0 saturated carbocycles. The normalized spacial score (nSPS) is 22.0. The van der Waals surface area contributed by atoms with E-state index in [0.717, 1.165) is 19.3 Å². The van der Waals surface area contributed by atoms with Gasteiger partial charge < -0.3 is 14.7 Å². The molecule has 0 aromatic heterocycles. The Bertz CT molecular complexity index is 397. The number of oxime groups is 1. The number of hydrogen-bond acceptors (Lipinski definition) is 5. The average molecular weight is 298 g/mol. The van der Waals surface area contributed by atoms with E-state index in [1.54, 1.807) is 6.21 Å². The molecule has 0 bridgehead atoms. The fourth-order valence-electron chi connectivity index (χ4n) is 2.40. The predicted octanol–water partition coefficient (Wildman–Crippen LogP) is 1.89. The van der Waals surface area contributed by atoms with Gasteiger partial charge in [-0.05, 0) is 31.6 Å². The van der Waals surface area contributed by atoms with Crippen LogP contribution in [0.15, 0.2) is 17.8 Å². The van der Waals surface area contributed by atoms with Crippen molar-refractivity contribution in [1.82, 2.24) is 4.90 Å². The zero-order valence-corrected chi connectivity index (χ0v) is 12.2. The molecule has 1 heterocycles. The number of ether oxygens (including phenoxy) is 1. The van der Waals surface area contributed by atoms with E-state index in [9.17, 15) is 14.7 Å². The van der Waals surface area contributed by atoms with Crippen LogP contribution < -0.4 is 0 Å². The summed E-state index contributed by atoms with van der Waals surface area (Å²) in [7, 11) is 1.48. The summed E-state index contributed by atoms with van der Waals surface area (Å²) in [5.41, 5.74) is 0. The fraction of sp³-hybridized carbons (Fsp3) is 0.643. The van der Waals surface area contributed by atoms with Crippen LogP contribution in [0.4, 0.5) is 4.79 Å². The van der Waals surface area contributed by atoms with Gasteiger partial charge in [-0.2, -0.15) is 0 Å². The molecule has 1 fully saturated rings. The van der Waals surface area contributed by atoms with Gasteiger partial charge in [0.1, 0.15) is 19.8 Å². The molecular formula is C14H22N2O5. The van der Waals surface area contributed by atoms with Crippen molar-refractivity contribution in [3.63, 3.8) is 0 Å². The number of amides is 1. The van der Waals surface area contributed by atoms with Crippen LogP contribution in [0.25, 0.3) is 0 Å². The van der Waals surface area contributed by atoms with Crippen LogP contribution in [0, 0.1) is 5.92 Å². The van der Waals surface area contributed by atoms with E-state index >= 15 is 0 Å². The van der Waals surface area contributed by atoms with Crippen molar-refractivity contribution in [3.05, 3.63) is 12.7 Å². The smallest absolute Gasteiger partial charge is 0.410 e. The number of hydrogen-bond donors (Lipinski definition) is 1. The summed E-state index contributed by atoms with van der Waals surface area (Å²) in [5, 5.41) is 12.9. The maximum absolute atomic E-state index is 11.8. The van der Waals surface area contributed by atoms with Gasteiger partial charge in [0.2, 0.25) is 0 Å². The lowest BCUT2D eigenvalue weighted by Crippen LogP contribution is -2.50. The van der Waals surface area contributed by atoms with Crippen LogP contribution in [-0.4, -0.2) is 54.6 Å². The van der Waals surface area contributed by atoms with Crippen LogP contribution in [0.3, 0.4) is 0 Å². The van der Waals surface area contributed by atoms with Crippen molar-refractivity contribution in [1.29, 1.82) is 0 Å². The molecule has 1 saturated heterocycles. The van der Waals surface area contributed by atoms with E-state index in [1.807, 2.05) is 0 Å². The number of rotatable bonds is 7. The van der Waals surface area contributed by atoms with Crippen LogP contribution >= 0.6 is 0 Å². The summed E-state index contributed by atoms with van der Waals surface area (Å²) in [6.07, 6.45) is 5.27. The lowest BCUT2D eigenvalue weighted by atomic mass is 9.87. The Balaban J connectivity index is 2.55. The zero-order chi connectivity index (χ0) is 15.7. The first-order valence-electron chi connectivity index (χ1n) is 6.92. The third-order valence-electron chi connectivity index (χ3n) is 3.44. The van der Waals surface area contributed by atoms with Crippen molar-refractivity contribution in [2.45, 2.75) is 31.7 Å². The number of carboxylic acids is 1. The summed E-state index contributed by atoms with van der Waals surface area (Å²) in [6, 6.07) is -0.833. The second-order valence-corrected chi connectivity index (χ2v) is 4.85. The fourth-order valence-corrected chi connectivity index (χ4v) is 2.40. The largest absolute Gasteiger partial charge is 0.480 e. The Labute approximate surface area is 124 Å². The van der Waals surface area contributed by atoms with E-state index < -0.39 is 18.1 Å². The van der Waals surface area contributed by atoms with Gasteiger partial charge in [0.25, 0.3) is 0 Å². The summed E-state index contributed by atoms with van der Waals surface area (Å²) >= 11 is 0. The number of nitrogens with zero attached hydrogens (tertiary/aromatic N) is 2. The molecule has 0 aromatic rings. The Morgan fingerprint density at radius 2 is 2.29 bits per heavy atom. The quantitative estimate of drug-likeness (QED) is 0.440. The van der Waals surface area contributed by atoms with Gasteiger partial charge >= 0.3 is 12.1 Å². The number of carbonyl (C=O) groups is 2. The first-order valence-corrected chi connectivity index (χ1v) is 6.92. The molecule has 7 nitrogen and oxygen atoms in total. The second-order valence-electron chi connectivity index (χ2n) is 4.85. The van der Waals surface area contributed by atoms with Gasteiger partial charge in [-0.1, -0.05) is 17.8 Å². The topological polar surface area (TPSA) is 88.4 Å². The van der Waals surface area contributed by atoms with Gasteiger partial charge in [0.05, 0.1) is 0 Å². The lowest BCUT2D eigenvalue weighted by Gasteiger charge is -2.36. The lowest BCUT2D eigenvalue weighted by molar-refractivity contribution is -0.144. The van der Waals surface area contributed by atoms with E-state index in [-0.39, 0.29) is 12.5 Å². The SMILES string of the molecule is C=CCOC(=O)N1CCC(CCC=NOC)CC1C(=O)O. The molecule has 21 heavy (non-hydrogen) atoms. The third kappa shape index (κ3) is 5.45. The Morgan fingerprint density at radius 3 is 2.90 bits per heavy atom. The summed E-state index contributed by atoms with van der Waals surface area (Å²) in [6.45, 7) is 3.93. The van der Waals surface area contributed by atoms with Crippen LogP contribution in [0.2, 0.25) is 0 Å². The van der Waals surface area contributed by atoms with Gasteiger partial charge in [0, 0.05) is 12.8 Å². The van der Waals surface area contributed by atoms with Crippen molar-refractivity contribution >= 4 is 18.3 Å². The third-order valence-corrected chi connectivity index (χ3v) is 3.44. The molecule has 0 aliphatic carbocycles. The van der Waals surface area contributed by atoms with Gasteiger partial charge in [-0.15, -0.1) is 0 Å². The molecule has 1 rings (SSSR count). The van der Waals surface area contributed by atoms with Crippen molar-refractivity contribution in [2.24, 2.45) is 11.1 Å². The standard InChI is InChI=1S/C14H22N2O5/c1-3-9-21-14(19)16-8-6-11(5-4-7-15-20-2)10-12(16)13(17)18/h3,7,11-12H,1,4-6,8-10H2,2H3,(H,17,18). The Hall–Kier alpha value is -2.05. The molecule has 1 N–H and O–H groups in total. The highest BCUT2D eigenvalue weighted by Crippen LogP contribution is 2.27. The second kappa shape index (κ2) is 8.99. The van der Waals surface area contributed by atoms with Gasteiger partial charge in [-0.3, -0.25) is 4.90 Å². The average Bonchev–Trinajstić information content (AvgIpc) is 2.49. The molecule has 0 aromatic carbocycles. The predicted molar refractivity (Wildman–Crippen MR) is 77.1 cm³/mol. The molecule has 118 valence electrons. The number of likely N-dealkylation sites (tertiary alicyclic amines) is 1. The monoisotopic (exact) mass is 298 g/mol. The van der Waals surface area contributed by atoms with Gasteiger partial charge in [-0.25, -0.2) is 9.59 Å². The van der Waals surface area contributed by atoms with Crippen molar-refractivity contribution < 1.29 is 24.3 Å². The van der Waals surface area contributed by atoms with Crippen LogP contribution in [0.5, 0.6) is 0 Å². The van der Waals surface area contributed by atoms with E-state index in [4.69, 9.17) is 4.74 Å². The highest BCUT2D eigenvalue weighted by atomic mass is 16.6. The summed E-state index contributed by atoms with van der Waals surface area (Å²) < 4.78 is 4.93. The minimum atomic E-state index is -0.999. The number of carboxylic acid groups (broad SMARTS) is 1. The molecule has 1 aliphatic heterocycles. The molecule has 1 aliphatic rings. The van der Waals surface area contributed by atoms with E-state index in [1.165, 1.54) is 18.1 Å². The minimum Gasteiger partial charge on any atom is -0.480 e. The highest BCUT2D eigenvalue weighted by Gasteiger charge is 2.36. The maximum atomic E-state index is 11.8. The Kier molecular flexibility index (Phi) is 7.28. The van der Waals surface area contributed by atoms with E-state index in [2.05, 4.69) is 16.6 Å². The summed E-state index contributed by atoms with van der Waals surface area (Å²) in [4.78, 5) is 29.0. The first-order chi connectivity index (χ1) is 10.1. The molecule has 1 amide bonds. The van der Waals surface area contributed by atoms with E-state index in [0.29, 0.717) is 13.0 Å². The Morgan fingerprint density at radius 1 is 1.52 bits per heavy atom. The molecule has 2 atom stereocenters. The number of aliphatic carboxylic acids is 1. The molecule has 7 heteroatoms. The maximum Gasteiger partial charge on any atom is 0.410 e. The first kappa shape index (κ1) is 17.0. The summed E-state index contributed by atoms with van der Waals surface area (Å²) in [5.74, 6) is -0.751. The molecular weight excluding hydrogens is 276 g/mol. The minimum absolute atomic E-state index is 0.0819. The molecule has 0 spiro atoms. The van der Waals surface area contributed by atoms with Gasteiger partial charge in [0.15, 0.2) is 0 Å². The molecule has 0 radical (unpaired) electrons. The zero-order valence-electron chi connectivity index (χ0n) is 12.2. The van der Waals surface area contributed by atoms with Crippen molar-refractivity contribution in [2.75, 3.05) is 20.3 Å². The highest BCUT2D eigenvalue weighted by molar-refractivity contribution is 5.80. The molecule has 2 unspecified atom stereocenters. The van der Waals surface area contributed by atoms with Crippen LogP contribution in [-0.2, 0) is 14.4 Å². The van der Waals surface area contributed by atoms with Crippen molar-refractivity contribution in [3.8, 4) is 0 Å². The number of piperidine rings is 1. The van der Waals surface area contributed by atoms with Crippen LogP contribution in [0.1, 0.15) is 25.7 Å².